The third-order valence-electron chi connectivity index (χ3n) is 4.73. The van der Waals surface area contributed by atoms with Crippen molar-refractivity contribution in [3.05, 3.63) is 23.0 Å². The second-order valence-corrected chi connectivity index (χ2v) is 6.22. The van der Waals surface area contributed by atoms with Gasteiger partial charge in [-0.3, -0.25) is 4.79 Å². The monoisotopic (exact) mass is 245 g/mol. The normalized spacial score (nSPS) is 28.2. The highest BCUT2D eigenvalue weighted by atomic mass is 16.1. The van der Waals surface area contributed by atoms with Crippen LogP contribution < -0.4 is 0 Å². The van der Waals surface area contributed by atoms with Gasteiger partial charge in [0.15, 0.2) is 5.78 Å². The van der Waals surface area contributed by atoms with Crippen LogP contribution in [0.15, 0.2) is 6.07 Å². The Morgan fingerprint density at radius 2 is 2.06 bits per heavy atom. The van der Waals surface area contributed by atoms with Gasteiger partial charge in [0.25, 0.3) is 0 Å². The fourth-order valence-electron chi connectivity index (χ4n) is 3.90. The standard InChI is InChI=1S/C16H23NO/c1-11-5-3-6-13(9-11)17-12(2)10-14-15(17)7-4-8-16(14)18/h10-11,13H,3-9H2,1-2H3. The van der Waals surface area contributed by atoms with Crippen molar-refractivity contribution >= 4 is 5.78 Å². The average molecular weight is 245 g/mol. The fourth-order valence-corrected chi connectivity index (χ4v) is 3.90. The zero-order chi connectivity index (χ0) is 12.7. The maximum absolute atomic E-state index is 12.0. The summed E-state index contributed by atoms with van der Waals surface area (Å²) < 4.78 is 2.50. The minimum atomic E-state index is 0.363. The molecule has 0 spiro atoms. The number of Topliss-reactive ketones (excluding diaryl/α,β-unsaturated/α-hetero) is 1. The van der Waals surface area contributed by atoms with Crippen LogP contribution in [0, 0.1) is 12.8 Å². The van der Waals surface area contributed by atoms with Crippen LogP contribution in [0.5, 0.6) is 0 Å². The quantitative estimate of drug-likeness (QED) is 0.731. The van der Waals surface area contributed by atoms with Crippen LogP contribution in [-0.2, 0) is 6.42 Å². The van der Waals surface area contributed by atoms with Gasteiger partial charge in [-0.25, -0.2) is 0 Å². The molecule has 1 aromatic heterocycles. The Hall–Kier alpha value is -1.05. The van der Waals surface area contributed by atoms with Crippen LogP contribution in [0.4, 0.5) is 0 Å². The van der Waals surface area contributed by atoms with Crippen molar-refractivity contribution < 1.29 is 4.79 Å². The Labute approximate surface area is 109 Å². The van der Waals surface area contributed by atoms with Crippen LogP contribution in [-0.4, -0.2) is 10.4 Å². The minimum Gasteiger partial charge on any atom is -0.345 e. The van der Waals surface area contributed by atoms with E-state index >= 15 is 0 Å². The summed E-state index contributed by atoms with van der Waals surface area (Å²) in [5, 5.41) is 0. The van der Waals surface area contributed by atoms with E-state index in [-0.39, 0.29) is 0 Å². The largest absolute Gasteiger partial charge is 0.345 e. The van der Waals surface area contributed by atoms with E-state index in [4.69, 9.17) is 0 Å². The first-order chi connectivity index (χ1) is 8.66. The third-order valence-corrected chi connectivity index (χ3v) is 4.73. The van der Waals surface area contributed by atoms with E-state index in [9.17, 15) is 4.79 Å². The molecule has 0 saturated heterocycles. The van der Waals surface area contributed by atoms with Gasteiger partial charge >= 0.3 is 0 Å². The molecular formula is C16H23NO. The maximum atomic E-state index is 12.0. The lowest BCUT2D eigenvalue weighted by Gasteiger charge is -2.31. The van der Waals surface area contributed by atoms with Crippen molar-refractivity contribution in [3.63, 3.8) is 0 Å². The Kier molecular flexibility index (Phi) is 3.04. The average Bonchev–Trinajstić information content (AvgIpc) is 2.67. The molecule has 2 heteroatoms. The summed E-state index contributed by atoms with van der Waals surface area (Å²) in [6.07, 6.45) is 8.18. The minimum absolute atomic E-state index is 0.363. The number of aryl methyl sites for hydroxylation is 1. The van der Waals surface area contributed by atoms with E-state index in [1.54, 1.807) is 0 Å². The van der Waals surface area contributed by atoms with Gasteiger partial charge in [-0.05, 0) is 44.6 Å². The maximum Gasteiger partial charge on any atom is 0.164 e. The molecule has 98 valence electrons. The molecule has 2 aliphatic carbocycles. The molecule has 1 heterocycles. The lowest BCUT2D eigenvalue weighted by atomic mass is 9.86. The molecule has 0 radical (unpaired) electrons. The van der Waals surface area contributed by atoms with Gasteiger partial charge in [0.1, 0.15) is 0 Å². The summed E-state index contributed by atoms with van der Waals surface area (Å²) >= 11 is 0. The molecule has 0 amide bonds. The van der Waals surface area contributed by atoms with Crippen molar-refractivity contribution in [1.82, 2.24) is 4.57 Å². The molecule has 0 aliphatic heterocycles. The highest BCUT2D eigenvalue weighted by Crippen LogP contribution is 2.37. The van der Waals surface area contributed by atoms with Crippen LogP contribution in [0.2, 0.25) is 0 Å². The summed E-state index contributed by atoms with van der Waals surface area (Å²) in [7, 11) is 0. The molecule has 0 bridgehead atoms. The van der Waals surface area contributed by atoms with E-state index in [0.29, 0.717) is 11.8 Å². The molecule has 2 nitrogen and oxygen atoms in total. The zero-order valence-corrected chi connectivity index (χ0v) is 11.5. The van der Waals surface area contributed by atoms with Crippen molar-refractivity contribution in [2.45, 2.75) is 64.8 Å². The summed E-state index contributed by atoms with van der Waals surface area (Å²) in [5.41, 5.74) is 3.66. The van der Waals surface area contributed by atoms with Crippen LogP contribution in [0.1, 0.15) is 73.2 Å². The first kappa shape index (κ1) is 12.0. The summed E-state index contributed by atoms with van der Waals surface area (Å²) in [6.45, 7) is 4.54. The van der Waals surface area contributed by atoms with E-state index in [1.165, 1.54) is 37.1 Å². The number of aromatic nitrogens is 1. The first-order valence-corrected chi connectivity index (χ1v) is 7.40. The summed E-state index contributed by atoms with van der Waals surface area (Å²) in [5.74, 6) is 1.20. The smallest absolute Gasteiger partial charge is 0.164 e. The van der Waals surface area contributed by atoms with Gasteiger partial charge in [0.05, 0.1) is 0 Å². The van der Waals surface area contributed by atoms with Gasteiger partial charge in [0.2, 0.25) is 0 Å². The van der Waals surface area contributed by atoms with E-state index in [2.05, 4.69) is 24.5 Å². The molecule has 2 atom stereocenters. The Balaban J connectivity index is 1.98. The molecule has 1 saturated carbocycles. The lowest BCUT2D eigenvalue weighted by molar-refractivity contribution is 0.0971. The second kappa shape index (κ2) is 4.56. The molecule has 0 aromatic carbocycles. The van der Waals surface area contributed by atoms with Crippen LogP contribution >= 0.6 is 0 Å². The fraction of sp³-hybridized carbons (Fsp3) is 0.688. The van der Waals surface area contributed by atoms with Crippen molar-refractivity contribution in [2.75, 3.05) is 0 Å². The molecule has 3 rings (SSSR count). The zero-order valence-electron chi connectivity index (χ0n) is 11.5. The Morgan fingerprint density at radius 3 is 2.83 bits per heavy atom. The molecule has 1 fully saturated rings. The highest BCUT2D eigenvalue weighted by Gasteiger charge is 2.28. The number of nitrogens with zero attached hydrogens (tertiary/aromatic N) is 1. The van der Waals surface area contributed by atoms with Gasteiger partial charge in [0, 0.05) is 29.4 Å². The first-order valence-electron chi connectivity index (χ1n) is 7.40. The van der Waals surface area contributed by atoms with E-state index in [1.807, 2.05) is 0 Å². The van der Waals surface area contributed by atoms with Gasteiger partial charge < -0.3 is 4.57 Å². The highest BCUT2D eigenvalue weighted by molar-refractivity contribution is 5.98. The molecule has 0 N–H and O–H groups in total. The van der Waals surface area contributed by atoms with Gasteiger partial charge in [-0.2, -0.15) is 0 Å². The molecule has 18 heavy (non-hydrogen) atoms. The number of fused-ring (bicyclic) bond motifs is 1. The molecule has 1 aromatic rings. The molecular weight excluding hydrogens is 222 g/mol. The molecule has 2 aliphatic rings. The SMILES string of the molecule is Cc1cc2c(n1C1CCCC(C)C1)CCCC2=O. The second-order valence-electron chi connectivity index (χ2n) is 6.22. The van der Waals surface area contributed by atoms with E-state index in [0.717, 1.165) is 30.7 Å². The van der Waals surface area contributed by atoms with Crippen molar-refractivity contribution in [1.29, 1.82) is 0 Å². The van der Waals surface area contributed by atoms with E-state index < -0.39 is 0 Å². The third kappa shape index (κ3) is 1.92. The summed E-state index contributed by atoms with van der Waals surface area (Å²) in [4.78, 5) is 12.0. The predicted molar refractivity (Wildman–Crippen MR) is 73.1 cm³/mol. The summed E-state index contributed by atoms with van der Waals surface area (Å²) in [6, 6.07) is 2.78. The number of rotatable bonds is 1. The number of carbonyl (C=O) groups excluding carboxylic acids is 1. The van der Waals surface area contributed by atoms with Gasteiger partial charge in [-0.15, -0.1) is 0 Å². The number of hydrogen-bond donors (Lipinski definition) is 0. The van der Waals surface area contributed by atoms with Crippen LogP contribution in [0.3, 0.4) is 0 Å². The topological polar surface area (TPSA) is 22.0 Å². The Bertz CT molecular complexity index is 472. The Morgan fingerprint density at radius 1 is 1.22 bits per heavy atom. The number of hydrogen-bond acceptors (Lipinski definition) is 1. The van der Waals surface area contributed by atoms with Crippen LogP contribution in [0.25, 0.3) is 0 Å². The van der Waals surface area contributed by atoms with Crippen molar-refractivity contribution in [2.24, 2.45) is 5.92 Å². The number of ketones is 1. The number of carbonyl (C=O) groups is 1. The predicted octanol–water partition coefficient (Wildman–Crippen LogP) is 4.07. The lowest BCUT2D eigenvalue weighted by Crippen LogP contribution is -2.22. The van der Waals surface area contributed by atoms with Gasteiger partial charge in [-0.1, -0.05) is 19.8 Å². The van der Waals surface area contributed by atoms with Crippen molar-refractivity contribution in [3.8, 4) is 0 Å². The molecule has 2 unspecified atom stereocenters.